The highest BCUT2D eigenvalue weighted by molar-refractivity contribution is 5.80. The second kappa shape index (κ2) is 8.24. The Kier molecular flexibility index (Phi) is 6.31. The molecule has 1 fully saturated rings. The summed E-state index contributed by atoms with van der Waals surface area (Å²) in [5.74, 6) is -1.91. The highest BCUT2D eigenvalue weighted by Crippen LogP contribution is 2.24. The van der Waals surface area contributed by atoms with Crippen molar-refractivity contribution >= 4 is 11.9 Å². The number of nitrogens with zero attached hydrogens (tertiary/aromatic N) is 1. The molecule has 1 saturated heterocycles. The Morgan fingerprint density at radius 2 is 1.92 bits per heavy atom. The molecule has 0 spiro atoms. The molecule has 1 heterocycles. The first-order chi connectivity index (χ1) is 11.4. The number of carbonyl (C=O) groups is 2. The third kappa shape index (κ3) is 4.77. The van der Waals surface area contributed by atoms with Gasteiger partial charge >= 0.3 is 5.97 Å². The number of rotatable bonds is 6. The quantitative estimate of drug-likeness (QED) is 0.838. The lowest BCUT2D eigenvalue weighted by Gasteiger charge is -2.34. The van der Waals surface area contributed by atoms with E-state index in [1.54, 1.807) is 12.1 Å². The molecule has 0 radical (unpaired) electrons. The average Bonchev–Trinajstić information content (AvgIpc) is 2.54. The van der Waals surface area contributed by atoms with Crippen molar-refractivity contribution in [2.75, 3.05) is 13.1 Å². The predicted molar refractivity (Wildman–Crippen MR) is 89.0 cm³/mol. The molecule has 0 aliphatic carbocycles. The van der Waals surface area contributed by atoms with Gasteiger partial charge in [-0.2, -0.15) is 0 Å². The molecule has 1 aliphatic heterocycles. The van der Waals surface area contributed by atoms with Crippen molar-refractivity contribution in [1.29, 1.82) is 0 Å². The van der Waals surface area contributed by atoms with Gasteiger partial charge in [-0.05, 0) is 45.8 Å². The number of carboxylic acid groups (broad SMARTS) is 1. The lowest BCUT2D eigenvalue weighted by atomic mass is 9.94. The molecule has 1 aromatic rings. The zero-order valence-corrected chi connectivity index (χ0v) is 14.2. The molecule has 1 aromatic carbocycles. The Morgan fingerprint density at radius 1 is 1.29 bits per heavy atom. The maximum Gasteiger partial charge on any atom is 0.305 e. The van der Waals surface area contributed by atoms with Crippen LogP contribution < -0.4 is 5.32 Å². The van der Waals surface area contributed by atoms with E-state index >= 15 is 0 Å². The van der Waals surface area contributed by atoms with E-state index < -0.39 is 17.8 Å². The standard InChI is InChI=1S/C18H25FN2O3/c1-12(2)21-9-7-13(8-10-21)18(24)20-16(11-17(22)23)14-5-3-4-6-15(14)19/h3-6,12-13,16H,7-11H2,1-2H3,(H,20,24)(H,22,23)/t16-/m0/s1. The van der Waals surface area contributed by atoms with Crippen LogP contribution in [0.4, 0.5) is 4.39 Å². The van der Waals surface area contributed by atoms with Gasteiger partial charge < -0.3 is 15.3 Å². The number of hydrogen-bond acceptors (Lipinski definition) is 3. The van der Waals surface area contributed by atoms with Gasteiger partial charge in [-0.25, -0.2) is 4.39 Å². The summed E-state index contributed by atoms with van der Waals surface area (Å²) in [5.41, 5.74) is 0.216. The SMILES string of the molecule is CC(C)N1CCC(C(=O)N[C@@H](CC(=O)O)c2ccccc2F)CC1. The summed E-state index contributed by atoms with van der Waals surface area (Å²) in [6.45, 7) is 5.95. The first-order valence-corrected chi connectivity index (χ1v) is 8.39. The van der Waals surface area contributed by atoms with E-state index in [2.05, 4.69) is 24.1 Å². The lowest BCUT2D eigenvalue weighted by molar-refractivity contribution is -0.138. The highest BCUT2D eigenvalue weighted by atomic mass is 19.1. The van der Waals surface area contributed by atoms with E-state index in [0.717, 1.165) is 25.9 Å². The molecule has 0 unspecified atom stereocenters. The molecule has 2 rings (SSSR count). The molecule has 1 atom stereocenters. The van der Waals surface area contributed by atoms with Crippen LogP contribution in [0.3, 0.4) is 0 Å². The van der Waals surface area contributed by atoms with Crippen LogP contribution in [-0.4, -0.2) is 41.0 Å². The van der Waals surface area contributed by atoms with Gasteiger partial charge in [0.05, 0.1) is 12.5 Å². The van der Waals surface area contributed by atoms with Crippen LogP contribution in [0.5, 0.6) is 0 Å². The number of piperidine rings is 1. The summed E-state index contributed by atoms with van der Waals surface area (Å²) in [4.78, 5) is 25.9. The molecule has 0 saturated carbocycles. The highest BCUT2D eigenvalue weighted by Gasteiger charge is 2.29. The van der Waals surface area contributed by atoms with Crippen LogP contribution in [0.1, 0.15) is 44.7 Å². The van der Waals surface area contributed by atoms with Gasteiger partial charge in [-0.1, -0.05) is 18.2 Å². The van der Waals surface area contributed by atoms with Crippen molar-refractivity contribution in [2.45, 2.75) is 45.2 Å². The van der Waals surface area contributed by atoms with Gasteiger partial charge in [0.2, 0.25) is 5.91 Å². The van der Waals surface area contributed by atoms with E-state index in [9.17, 15) is 14.0 Å². The number of benzene rings is 1. The fourth-order valence-corrected chi connectivity index (χ4v) is 3.14. The number of carboxylic acids is 1. The van der Waals surface area contributed by atoms with E-state index in [-0.39, 0.29) is 23.8 Å². The average molecular weight is 336 g/mol. The monoisotopic (exact) mass is 336 g/mol. The van der Waals surface area contributed by atoms with Gasteiger partial charge in [0, 0.05) is 17.5 Å². The van der Waals surface area contributed by atoms with Crippen molar-refractivity contribution in [1.82, 2.24) is 10.2 Å². The first-order valence-electron chi connectivity index (χ1n) is 8.39. The lowest BCUT2D eigenvalue weighted by Crippen LogP contribution is -2.44. The Morgan fingerprint density at radius 3 is 2.46 bits per heavy atom. The maximum absolute atomic E-state index is 14.0. The van der Waals surface area contributed by atoms with E-state index in [1.165, 1.54) is 12.1 Å². The van der Waals surface area contributed by atoms with Crippen LogP contribution in [0, 0.1) is 11.7 Å². The summed E-state index contributed by atoms with van der Waals surface area (Å²) in [7, 11) is 0. The number of carbonyl (C=O) groups excluding carboxylic acids is 1. The van der Waals surface area contributed by atoms with Crippen LogP contribution in [0.25, 0.3) is 0 Å². The first kappa shape index (κ1) is 18.4. The zero-order valence-electron chi connectivity index (χ0n) is 14.2. The largest absolute Gasteiger partial charge is 0.481 e. The van der Waals surface area contributed by atoms with Crippen molar-refractivity contribution in [3.8, 4) is 0 Å². The zero-order chi connectivity index (χ0) is 17.7. The number of amides is 1. The Bertz CT molecular complexity index is 583. The minimum atomic E-state index is -1.07. The van der Waals surface area contributed by atoms with Gasteiger partial charge in [-0.3, -0.25) is 9.59 Å². The fraction of sp³-hybridized carbons (Fsp3) is 0.556. The number of nitrogens with one attached hydrogen (secondary N) is 1. The molecule has 0 aromatic heterocycles. The minimum absolute atomic E-state index is 0.150. The predicted octanol–water partition coefficient (Wildman–Crippen LogP) is 2.58. The van der Waals surface area contributed by atoms with E-state index in [0.29, 0.717) is 6.04 Å². The molecule has 1 aliphatic rings. The van der Waals surface area contributed by atoms with Crippen molar-refractivity contribution in [3.05, 3.63) is 35.6 Å². The molecule has 5 nitrogen and oxygen atoms in total. The summed E-state index contributed by atoms with van der Waals surface area (Å²) in [6, 6.07) is 5.58. The number of likely N-dealkylation sites (tertiary alicyclic amines) is 1. The van der Waals surface area contributed by atoms with Crippen molar-refractivity contribution in [2.24, 2.45) is 5.92 Å². The molecule has 1 amide bonds. The van der Waals surface area contributed by atoms with E-state index in [4.69, 9.17) is 5.11 Å². The minimum Gasteiger partial charge on any atom is -0.481 e. The number of halogens is 1. The molecule has 6 heteroatoms. The van der Waals surface area contributed by atoms with Crippen molar-refractivity contribution in [3.63, 3.8) is 0 Å². The second-order valence-electron chi connectivity index (χ2n) is 6.58. The fourth-order valence-electron chi connectivity index (χ4n) is 3.14. The van der Waals surface area contributed by atoms with Crippen LogP contribution in [0.15, 0.2) is 24.3 Å². The molecule has 2 N–H and O–H groups in total. The summed E-state index contributed by atoms with van der Waals surface area (Å²) < 4.78 is 14.0. The number of hydrogen-bond donors (Lipinski definition) is 2. The van der Waals surface area contributed by atoms with E-state index in [1.807, 2.05) is 0 Å². The molecule has 132 valence electrons. The summed E-state index contributed by atoms with van der Waals surface area (Å²) >= 11 is 0. The second-order valence-corrected chi connectivity index (χ2v) is 6.58. The molecule has 0 bridgehead atoms. The van der Waals surface area contributed by atoms with Gasteiger partial charge in [-0.15, -0.1) is 0 Å². The van der Waals surface area contributed by atoms with Crippen LogP contribution in [0.2, 0.25) is 0 Å². The normalized spacial score (nSPS) is 17.7. The third-order valence-electron chi connectivity index (χ3n) is 4.61. The van der Waals surface area contributed by atoms with Crippen molar-refractivity contribution < 1.29 is 19.1 Å². The Labute approximate surface area is 141 Å². The topological polar surface area (TPSA) is 69.6 Å². The van der Waals surface area contributed by atoms with Crippen LogP contribution in [-0.2, 0) is 9.59 Å². The summed E-state index contributed by atoms with van der Waals surface area (Å²) in [5, 5.41) is 11.8. The van der Waals surface area contributed by atoms with Gasteiger partial charge in [0.1, 0.15) is 5.82 Å². The number of aliphatic carboxylic acids is 1. The third-order valence-corrected chi connectivity index (χ3v) is 4.61. The Balaban J connectivity index is 2.03. The Hall–Kier alpha value is -1.95. The maximum atomic E-state index is 14.0. The van der Waals surface area contributed by atoms with Crippen LogP contribution >= 0.6 is 0 Å². The molecular weight excluding hydrogens is 311 g/mol. The summed E-state index contributed by atoms with van der Waals surface area (Å²) in [6.07, 6.45) is 1.14. The molecular formula is C18H25FN2O3. The smallest absolute Gasteiger partial charge is 0.305 e. The molecule has 24 heavy (non-hydrogen) atoms. The van der Waals surface area contributed by atoms with Gasteiger partial charge in [0.25, 0.3) is 0 Å². The van der Waals surface area contributed by atoms with Gasteiger partial charge in [0.15, 0.2) is 0 Å².